The summed E-state index contributed by atoms with van der Waals surface area (Å²) in [5.74, 6) is 1.24. The van der Waals surface area contributed by atoms with Crippen LogP contribution < -0.4 is 0 Å². The van der Waals surface area contributed by atoms with E-state index in [0.717, 1.165) is 53.5 Å². The molecule has 0 unspecified atom stereocenters. The third kappa shape index (κ3) is 5.12. The summed E-state index contributed by atoms with van der Waals surface area (Å²) < 4.78 is 20.2. The van der Waals surface area contributed by atoms with Gasteiger partial charge in [0, 0.05) is 34.3 Å². The van der Waals surface area contributed by atoms with Gasteiger partial charge in [0.1, 0.15) is 11.6 Å². The molecule has 1 N–H and O–H groups in total. The second kappa shape index (κ2) is 9.54. The van der Waals surface area contributed by atoms with Crippen LogP contribution in [0.2, 0.25) is 0 Å². The molecule has 8 heteroatoms. The van der Waals surface area contributed by atoms with Crippen LogP contribution in [0, 0.1) is 26.6 Å². The van der Waals surface area contributed by atoms with Crippen molar-refractivity contribution in [1.29, 1.82) is 0 Å². The van der Waals surface area contributed by atoms with E-state index in [1.54, 1.807) is 12.1 Å². The van der Waals surface area contributed by atoms with E-state index in [4.69, 9.17) is 4.52 Å². The Balaban J connectivity index is 1.31. The Hall–Kier alpha value is -3.52. The van der Waals surface area contributed by atoms with Crippen molar-refractivity contribution in [3.63, 3.8) is 0 Å². The number of nitrogens with zero attached hydrogens (tertiary/aromatic N) is 4. The highest BCUT2D eigenvalue weighted by Gasteiger charge is 2.19. The third-order valence-corrected chi connectivity index (χ3v) is 5.75. The zero-order valence-corrected chi connectivity index (χ0v) is 19.4. The number of likely N-dealkylation sites (N-methyl/N-ethyl adjacent to an activating group) is 1. The molecule has 3 heterocycles. The zero-order chi connectivity index (χ0) is 23.5. The molecule has 33 heavy (non-hydrogen) atoms. The Kier molecular flexibility index (Phi) is 6.55. The van der Waals surface area contributed by atoms with Gasteiger partial charge in [0.05, 0.1) is 12.2 Å². The number of aromatic amines is 1. The van der Waals surface area contributed by atoms with E-state index in [1.165, 1.54) is 12.1 Å². The number of Topliss-reactive ketones (excluding diaryl/α,β-unsaturated/α-hetero) is 1. The Morgan fingerprint density at radius 1 is 1.15 bits per heavy atom. The standard InChI is InChI=1S/C25H28FN5O2/c1-16-12-22(18(3)31(16)25-13-17(2)33-29-25)24(32)15-30(4)11-5-6-21-14-23(28-27-21)19-7-9-20(26)10-8-19/h7-10,12-14H,5-6,11,15H2,1-4H3,(H,27,28). The van der Waals surface area contributed by atoms with E-state index < -0.39 is 0 Å². The highest BCUT2D eigenvalue weighted by molar-refractivity contribution is 5.99. The molecule has 0 amide bonds. The average molecular weight is 450 g/mol. The van der Waals surface area contributed by atoms with E-state index >= 15 is 0 Å². The van der Waals surface area contributed by atoms with E-state index in [2.05, 4.69) is 15.4 Å². The van der Waals surface area contributed by atoms with E-state index in [9.17, 15) is 9.18 Å². The number of aromatic nitrogens is 4. The second-order valence-electron chi connectivity index (χ2n) is 8.47. The predicted octanol–water partition coefficient (Wildman–Crippen LogP) is 4.67. The molecule has 0 radical (unpaired) electrons. The number of halogens is 1. The molecule has 1 aromatic carbocycles. The lowest BCUT2D eigenvalue weighted by Crippen LogP contribution is -2.27. The van der Waals surface area contributed by atoms with Crippen LogP contribution in [0.4, 0.5) is 4.39 Å². The summed E-state index contributed by atoms with van der Waals surface area (Å²) in [7, 11) is 1.95. The third-order valence-electron chi connectivity index (χ3n) is 5.75. The molecular formula is C25H28FN5O2. The van der Waals surface area contributed by atoms with Gasteiger partial charge in [-0.3, -0.25) is 19.4 Å². The number of hydrogen-bond acceptors (Lipinski definition) is 5. The molecule has 0 aliphatic rings. The van der Waals surface area contributed by atoms with Gasteiger partial charge < -0.3 is 4.52 Å². The number of benzene rings is 1. The minimum Gasteiger partial charge on any atom is -0.360 e. The van der Waals surface area contributed by atoms with Crippen molar-refractivity contribution < 1.29 is 13.7 Å². The Morgan fingerprint density at radius 3 is 2.61 bits per heavy atom. The van der Waals surface area contributed by atoms with Gasteiger partial charge in [-0.25, -0.2) is 4.39 Å². The summed E-state index contributed by atoms with van der Waals surface area (Å²) in [5.41, 5.74) is 5.21. The number of nitrogens with one attached hydrogen (secondary N) is 1. The Labute approximate surface area is 192 Å². The van der Waals surface area contributed by atoms with Gasteiger partial charge in [0.15, 0.2) is 11.6 Å². The lowest BCUT2D eigenvalue weighted by atomic mass is 10.1. The maximum absolute atomic E-state index is 13.1. The Bertz CT molecular complexity index is 1250. The van der Waals surface area contributed by atoms with E-state index in [0.29, 0.717) is 17.9 Å². The van der Waals surface area contributed by atoms with Gasteiger partial charge in [-0.2, -0.15) is 5.10 Å². The first-order valence-electron chi connectivity index (χ1n) is 11.0. The van der Waals surface area contributed by atoms with Crippen LogP contribution in [0.5, 0.6) is 0 Å². The quantitative estimate of drug-likeness (QED) is 0.376. The molecule has 0 saturated heterocycles. The SMILES string of the molecule is Cc1cc(-n2c(C)cc(C(=O)CN(C)CCCc3cc(-c4ccc(F)cc4)n[nH]3)c2C)no1. The molecule has 7 nitrogen and oxygen atoms in total. The fourth-order valence-corrected chi connectivity index (χ4v) is 4.06. The number of rotatable bonds is 9. The number of aryl methyl sites for hydroxylation is 3. The summed E-state index contributed by atoms with van der Waals surface area (Å²) in [5, 5.41) is 11.4. The topological polar surface area (TPSA) is 80.0 Å². The first-order chi connectivity index (χ1) is 15.8. The van der Waals surface area contributed by atoms with Crippen LogP contribution in [0.3, 0.4) is 0 Å². The second-order valence-corrected chi connectivity index (χ2v) is 8.47. The summed E-state index contributed by atoms with van der Waals surface area (Å²) in [6.07, 6.45) is 1.69. The zero-order valence-electron chi connectivity index (χ0n) is 19.4. The van der Waals surface area contributed by atoms with Crippen LogP contribution >= 0.6 is 0 Å². The van der Waals surface area contributed by atoms with Gasteiger partial charge in [0.2, 0.25) is 0 Å². The number of H-pyrrole nitrogens is 1. The van der Waals surface area contributed by atoms with Gasteiger partial charge in [-0.15, -0.1) is 0 Å². The normalized spacial score (nSPS) is 11.5. The number of hydrogen-bond donors (Lipinski definition) is 1. The first-order valence-corrected chi connectivity index (χ1v) is 11.0. The lowest BCUT2D eigenvalue weighted by Gasteiger charge is -2.15. The van der Waals surface area contributed by atoms with Crippen LogP contribution in [0.15, 0.2) is 47.0 Å². The molecule has 4 aromatic rings. The number of carbonyl (C=O) groups excluding carboxylic acids is 1. The molecule has 0 bridgehead atoms. The summed E-state index contributed by atoms with van der Waals surface area (Å²) in [4.78, 5) is 15.0. The van der Waals surface area contributed by atoms with Gasteiger partial charge in [-0.1, -0.05) is 5.16 Å². The van der Waals surface area contributed by atoms with Gasteiger partial charge >= 0.3 is 0 Å². The molecule has 4 rings (SSSR count). The van der Waals surface area contributed by atoms with E-state index in [1.807, 2.05) is 55.5 Å². The smallest absolute Gasteiger partial charge is 0.180 e. The maximum atomic E-state index is 13.1. The molecule has 172 valence electrons. The fourth-order valence-electron chi connectivity index (χ4n) is 4.06. The van der Waals surface area contributed by atoms with Crippen LogP contribution in [-0.4, -0.2) is 50.7 Å². The molecule has 0 aliphatic carbocycles. The van der Waals surface area contributed by atoms with Crippen molar-refractivity contribution in [2.45, 2.75) is 33.6 Å². The lowest BCUT2D eigenvalue weighted by molar-refractivity contribution is 0.0945. The number of carbonyl (C=O) groups is 1. The molecule has 0 fully saturated rings. The molecule has 0 atom stereocenters. The summed E-state index contributed by atoms with van der Waals surface area (Å²) >= 11 is 0. The van der Waals surface area contributed by atoms with Gasteiger partial charge in [-0.05, 0) is 83.6 Å². The van der Waals surface area contributed by atoms with Crippen molar-refractivity contribution in [1.82, 2.24) is 24.8 Å². The van der Waals surface area contributed by atoms with Crippen molar-refractivity contribution in [3.05, 3.63) is 76.7 Å². The molecule has 0 spiro atoms. The molecule has 0 saturated carbocycles. The van der Waals surface area contributed by atoms with Crippen LogP contribution in [0.1, 0.15) is 39.6 Å². The minimum atomic E-state index is -0.262. The van der Waals surface area contributed by atoms with Crippen molar-refractivity contribution >= 4 is 5.78 Å². The largest absolute Gasteiger partial charge is 0.360 e. The van der Waals surface area contributed by atoms with Crippen molar-refractivity contribution in [2.75, 3.05) is 20.1 Å². The molecular weight excluding hydrogens is 421 g/mol. The average Bonchev–Trinajstić information content (AvgIpc) is 3.48. The van der Waals surface area contributed by atoms with Gasteiger partial charge in [0.25, 0.3) is 0 Å². The van der Waals surface area contributed by atoms with Crippen molar-refractivity contribution in [3.8, 4) is 17.1 Å². The molecule has 0 aliphatic heterocycles. The number of ketones is 1. The van der Waals surface area contributed by atoms with Crippen LogP contribution in [-0.2, 0) is 6.42 Å². The first kappa shape index (κ1) is 22.7. The molecule has 3 aromatic heterocycles. The predicted molar refractivity (Wildman–Crippen MR) is 124 cm³/mol. The summed E-state index contributed by atoms with van der Waals surface area (Å²) in [6.45, 7) is 6.85. The summed E-state index contributed by atoms with van der Waals surface area (Å²) in [6, 6.07) is 12.1. The fraction of sp³-hybridized carbons (Fsp3) is 0.320. The van der Waals surface area contributed by atoms with Crippen molar-refractivity contribution in [2.24, 2.45) is 0 Å². The maximum Gasteiger partial charge on any atom is 0.180 e. The highest BCUT2D eigenvalue weighted by Crippen LogP contribution is 2.22. The highest BCUT2D eigenvalue weighted by atomic mass is 19.1. The van der Waals surface area contributed by atoms with Crippen LogP contribution in [0.25, 0.3) is 17.1 Å². The Morgan fingerprint density at radius 2 is 1.91 bits per heavy atom. The minimum absolute atomic E-state index is 0.0807. The van der Waals surface area contributed by atoms with E-state index in [-0.39, 0.29) is 11.6 Å². The monoisotopic (exact) mass is 449 g/mol.